The van der Waals surface area contributed by atoms with Crippen LogP contribution in [0.3, 0.4) is 0 Å². The second kappa shape index (κ2) is 5.80. The first-order valence-electron chi connectivity index (χ1n) is 3.31. The monoisotopic (exact) mass is 213 g/mol. The average Bonchev–Trinajstić information content (AvgIpc) is 2.28. The lowest BCUT2D eigenvalue weighted by Crippen LogP contribution is -1.91. The molecule has 0 amide bonds. The van der Waals surface area contributed by atoms with Gasteiger partial charge in [0, 0.05) is 0 Å². The SMILES string of the molecule is N#CC(C#N)=C(C#N)/C(C#N)=C(\Cl)C#N. The summed E-state index contributed by atoms with van der Waals surface area (Å²) in [5.41, 5.74) is -1.52. The Hall–Kier alpha value is -2.78. The van der Waals surface area contributed by atoms with E-state index in [1.807, 2.05) is 0 Å². The molecule has 5 nitrogen and oxygen atoms in total. The Balaban J connectivity index is 6.07. The number of halogens is 1. The maximum atomic E-state index is 8.64. The first-order chi connectivity index (χ1) is 7.15. The molecule has 0 unspecified atom stereocenters. The quantitative estimate of drug-likeness (QED) is 0.482. The van der Waals surface area contributed by atoms with Gasteiger partial charge in [0.25, 0.3) is 0 Å². The highest BCUT2D eigenvalue weighted by atomic mass is 35.5. The number of hydrogen-bond donors (Lipinski definition) is 0. The van der Waals surface area contributed by atoms with Gasteiger partial charge in [0.2, 0.25) is 0 Å². The highest BCUT2D eigenvalue weighted by molar-refractivity contribution is 6.32. The van der Waals surface area contributed by atoms with Gasteiger partial charge < -0.3 is 0 Å². The van der Waals surface area contributed by atoms with Gasteiger partial charge in [-0.25, -0.2) is 0 Å². The lowest BCUT2D eigenvalue weighted by Gasteiger charge is -1.94. The van der Waals surface area contributed by atoms with Crippen LogP contribution in [0.15, 0.2) is 21.8 Å². The summed E-state index contributed by atoms with van der Waals surface area (Å²) in [4.78, 5) is 0. The van der Waals surface area contributed by atoms with Crippen molar-refractivity contribution in [3.8, 4) is 30.3 Å². The Morgan fingerprint density at radius 2 is 1.13 bits per heavy atom. The third-order valence-corrected chi connectivity index (χ3v) is 1.54. The normalized spacial score (nSPS) is 9.07. The second-order valence-electron chi connectivity index (χ2n) is 2.00. The highest BCUT2D eigenvalue weighted by Gasteiger charge is 2.15. The van der Waals surface area contributed by atoms with E-state index in [0.717, 1.165) is 0 Å². The second-order valence-corrected chi connectivity index (χ2v) is 2.38. The first-order valence-corrected chi connectivity index (χ1v) is 3.68. The van der Waals surface area contributed by atoms with Crippen molar-refractivity contribution in [1.82, 2.24) is 0 Å². The molecule has 0 N–H and O–H groups in total. The number of nitriles is 5. The van der Waals surface area contributed by atoms with E-state index in [0.29, 0.717) is 0 Å². The Bertz CT molecular complexity index is 532. The predicted octanol–water partition coefficient (Wildman–Crippen LogP) is 1.39. The number of nitrogens with zero attached hydrogens (tertiary/aromatic N) is 5. The van der Waals surface area contributed by atoms with E-state index in [4.69, 9.17) is 37.9 Å². The van der Waals surface area contributed by atoms with E-state index in [-0.39, 0.29) is 0 Å². The molecule has 0 atom stereocenters. The molecule has 0 heterocycles. The molecule has 0 aromatic heterocycles. The van der Waals surface area contributed by atoms with Crippen molar-refractivity contribution < 1.29 is 0 Å². The van der Waals surface area contributed by atoms with Crippen LogP contribution in [0.4, 0.5) is 0 Å². The van der Waals surface area contributed by atoms with Crippen LogP contribution in [0.5, 0.6) is 0 Å². The summed E-state index contributed by atoms with van der Waals surface area (Å²) in [7, 11) is 0. The van der Waals surface area contributed by atoms with Crippen LogP contribution >= 0.6 is 11.6 Å². The summed E-state index contributed by atoms with van der Waals surface area (Å²) >= 11 is 5.35. The fourth-order valence-corrected chi connectivity index (χ4v) is 0.781. The summed E-state index contributed by atoms with van der Waals surface area (Å²) < 4.78 is 0. The molecule has 0 saturated carbocycles. The van der Waals surface area contributed by atoms with E-state index >= 15 is 0 Å². The van der Waals surface area contributed by atoms with Crippen molar-refractivity contribution in [3.05, 3.63) is 21.8 Å². The fourth-order valence-electron chi connectivity index (χ4n) is 0.644. The average molecular weight is 214 g/mol. The predicted molar refractivity (Wildman–Crippen MR) is 48.0 cm³/mol. The van der Waals surface area contributed by atoms with Gasteiger partial charge in [-0.15, -0.1) is 0 Å². The summed E-state index contributed by atoms with van der Waals surface area (Å²) in [6.45, 7) is 0. The minimum atomic E-state index is -0.553. The standard InChI is InChI=1S/C9ClN5/c10-9(5-15)8(4-14)7(3-13)6(1-11)2-12/b9-8-. The summed E-state index contributed by atoms with van der Waals surface area (Å²) in [5.74, 6) is 0. The largest absolute Gasteiger partial charge is 0.192 e. The van der Waals surface area contributed by atoms with Crippen molar-refractivity contribution in [2.24, 2.45) is 0 Å². The van der Waals surface area contributed by atoms with Crippen LogP contribution in [0.2, 0.25) is 0 Å². The number of allylic oxidation sites excluding steroid dienone is 4. The first kappa shape index (κ1) is 12.2. The van der Waals surface area contributed by atoms with Crippen molar-refractivity contribution >= 4 is 11.6 Å². The van der Waals surface area contributed by atoms with Crippen molar-refractivity contribution in [3.63, 3.8) is 0 Å². The van der Waals surface area contributed by atoms with Crippen LogP contribution in [0.25, 0.3) is 0 Å². The Morgan fingerprint density at radius 3 is 1.40 bits per heavy atom. The molecule has 0 aromatic rings. The lowest BCUT2D eigenvalue weighted by molar-refractivity contribution is 1.38. The Labute approximate surface area is 90.5 Å². The smallest absolute Gasteiger partial charge is 0.148 e. The van der Waals surface area contributed by atoms with Crippen LogP contribution in [-0.2, 0) is 0 Å². The van der Waals surface area contributed by atoms with Gasteiger partial charge in [-0.1, -0.05) is 11.6 Å². The van der Waals surface area contributed by atoms with E-state index in [1.54, 1.807) is 0 Å². The minimum absolute atomic E-state index is 0.472. The van der Waals surface area contributed by atoms with Crippen LogP contribution in [0, 0.1) is 56.7 Å². The van der Waals surface area contributed by atoms with Gasteiger partial charge in [-0.3, -0.25) is 0 Å². The van der Waals surface area contributed by atoms with Crippen molar-refractivity contribution in [2.75, 3.05) is 0 Å². The minimum Gasteiger partial charge on any atom is -0.192 e. The summed E-state index contributed by atoms with van der Waals surface area (Å²) in [5, 5.41) is 42.1. The fraction of sp³-hybridized carbons (Fsp3) is 0. The van der Waals surface area contributed by atoms with Crippen LogP contribution in [0.1, 0.15) is 0 Å². The Morgan fingerprint density at radius 1 is 0.667 bits per heavy atom. The molecular formula is C9ClN5. The van der Waals surface area contributed by atoms with E-state index in [2.05, 4.69) is 0 Å². The zero-order valence-electron chi connectivity index (χ0n) is 7.11. The molecule has 0 aromatic carbocycles. The molecule has 0 rings (SSSR count). The van der Waals surface area contributed by atoms with E-state index < -0.39 is 21.8 Å². The maximum Gasteiger partial charge on any atom is 0.148 e. The molecule has 0 radical (unpaired) electrons. The molecule has 0 saturated heterocycles. The molecule has 0 aliphatic rings. The topological polar surface area (TPSA) is 119 Å². The molecule has 6 heteroatoms. The highest BCUT2D eigenvalue weighted by Crippen LogP contribution is 2.19. The number of rotatable bonds is 1. The molecule has 0 aliphatic heterocycles. The molecule has 15 heavy (non-hydrogen) atoms. The van der Waals surface area contributed by atoms with Gasteiger partial charge >= 0.3 is 0 Å². The van der Waals surface area contributed by atoms with Crippen LogP contribution < -0.4 is 0 Å². The lowest BCUT2D eigenvalue weighted by atomic mass is 10.0. The number of hydrogen-bond acceptors (Lipinski definition) is 5. The van der Waals surface area contributed by atoms with Gasteiger partial charge in [0.1, 0.15) is 52.1 Å². The van der Waals surface area contributed by atoms with Gasteiger partial charge in [0.15, 0.2) is 0 Å². The van der Waals surface area contributed by atoms with Gasteiger partial charge in [-0.05, 0) is 0 Å². The molecule has 0 bridgehead atoms. The molecule has 0 fully saturated rings. The molecule has 68 valence electrons. The van der Waals surface area contributed by atoms with E-state index in [9.17, 15) is 0 Å². The van der Waals surface area contributed by atoms with Crippen LogP contribution in [-0.4, -0.2) is 0 Å². The molecule has 0 spiro atoms. The van der Waals surface area contributed by atoms with Crippen molar-refractivity contribution in [1.29, 1.82) is 26.3 Å². The Kier molecular flexibility index (Phi) is 4.72. The third kappa shape index (κ3) is 2.58. The van der Waals surface area contributed by atoms with E-state index in [1.165, 1.54) is 30.3 Å². The van der Waals surface area contributed by atoms with Gasteiger partial charge in [0.05, 0.1) is 0 Å². The summed E-state index contributed by atoms with van der Waals surface area (Å²) in [6, 6.07) is 7.32. The zero-order valence-corrected chi connectivity index (χ0v) is 7.87. The summed E-state index contributed by atoms with van der Waals surface area (Å²) in [6.07, 6.45) is 0. The third-order valence-electron chi connectivity index (χ3n) is 1.26. The van der Waals surface area contributed by atoms with Gasteiger partial charge in [-0.2, -0.15) is 26.3 Å². The molecule has 0 aliphatic carbocycles. The molecular weight excluding hydrogens is 214 g/mol. The zero-order chi connectivity index (χ0) is 11.8. The maximum absolute atomic E-state index is 8.64. The van der Waals surface area contributed by atoms with Crippen molar-refractivity contribution in [2.45, 2.75) is 0 Å².